The maximum Gasteiger partial charge on any atom is 0.0743 e. The second-order valence-electron chi connectivity index (χ2n) is 6.35. The van der Waals surface area contributed by atoms with Crippen LogP contribution >= 0.6 is 0 Å². The van der Waals surface area contributed by atoms with Crippen LogP contribution in [0.25, 0.3) is 0 Å². The quantitative estimate of drug-likeness (QED) is 0.823. The smallest absolute Gasteiger partial charge is 0.0743 e. The number of aryl methyl sites for hydroxylation is 1. The lowest BCUT2D eigenvalue weighted by atomic mass is 9.74. The van der Waals surface area contributed by atoms with Crippen molar-refractivity contribution in [2.75, 3.05) is 6.54 Å². The van der Waals surface area contributed by atoms with Crippen LogP contribution in [0.5, 0.6) is 0 Å². The van der Waals surface area contributed by atoms with Gasteiger partial charge in [-0.3, -0.25) is 0 Å². The van der Waals surface area contributed by atoms with Crippen molar-refractivity contribution >= 4 is 0 Å². The van der Waals surface area contributed by atoms with E-state index in [9.17, 15) is 5.11 Å². The van der Waals surface area contributed by atoms with Crippen molar-refractivity contribution in [2.24, 2.45) is 0 Å². The van der Waals surface area contributed by atoms with E-state index in [0.717, 1.165) is 12.8 Å². The van der Waals surface area contributed by atoms with E-state index < -0.39 is 5.60 Å². The van der Waals surface area contributed by atoms with Gasteiger partial charge in [-0.15, -0.1) is 0 Å². The standard InChI is InChI=1S/C17H27NO/c1-4-9-17(3,19)12-18-15-10-14(11-15)16-8-6-5-7-13(16)2/h5-8,14-15,18-19H,4,9-12H2,1-3H3. The fourth-order valence-corrected chi connectivity index (χ4v) is 3.07. The molecule has 1 atom stereocenters. The Labute approximate surface area is 117 Å². The monoisotopic (exact) mass is 261 g/mol. The van der Waals surface area contributed by atoms with Gasteiger partial charge in [-0.05, 0) is 50.2 Å². The van der Waals surface area contributed by atoms with Crippen LogP contribution in [0.2, 0.25) is 0 Å². The van der Waals surface area contributed by atoms with Gasteiger partial charge in [0.1, 0.15) is 0 Å². The number of hydrogen-bond acceptors (Lipinski definition) is 2. The molecule has 1 unspecified atom stereocenters. The first-order valence-corrected chi connectivity index (χ1v) is 7.53. The van der Waals surface area contributed by atoms with Crippen LogP contribution in [-0.2, 0) is 0 Å². The highest BCUT2D eigenvalue weighted by Crippen LogP contribution is 2.38. The predicted octanol–water partition coefficient (Wildman–Crippen LogP) is 3.38. The molecule has 1 aromatic rings. The normalized spacial score (nSPS) is 25.7. The molecule has 1 aliphatic carbocycles. The van der Waals surface area contributed by atoms with E-state index in [1.807, 2.05) is 6.92 Å². The van der Waals surface area contributed by atoms with Gasteiger partial charge in [0.2, 0.25) is 0 Å². The van der Waals surface area contributed by atoms with Crippen LogP contribution < -0.4 is 5.32 Å². The van der Waals surface area contributed by atoms with Crippen molar-refractivity contribution in [1.82, 2.24) is 5.32 Å². The van der Waals surface area contributed by atoms with Gasteiger partial charge >= 0.3 is 0 Å². The molecule has 0 radical (unpaired) electrons. The molecule has 1 aliphatic rings. The summed E-state index contributed by atoms with van der Waals surface area (Å²) in [5, 5.41) is 13.7. The van der Waals surface area contributed by atoms with Crippen LogP contribution in [0.1, 0.15) is 56.6 Å². The molecule has 0 saturated heterocycles. The largest absolute Gasteiger partial charge is 0.389 e. The SMILES string of the molecule is CCCC(C)(O)CNC1CC(c2ccccc2C)C1. The molecule has 19 heavy (non-hydrogen) atoms. The van der Waals surface area contributed by atoms with Crippen molar-refractivity contribution in [3.05, 3.63) is 35.4 Å². The molecular weight excluding hydrogens is 234 g/mol. The van der Waals surface area contributed by atoms with E-state index >= 15 is 0 Å². The lowest BCUT2D eigenvalue weighted by molar-refractivity contribution is 0.0428. The van der Waals surface area contributed by atoms with Gasteiger partial charge in [-0.1, -0.05) is 37.6 Å². The van der Waals surface area contributed by atoms with Crippen molar-refractivity contribution in [3.8, 4) is 0 Å². The molecule has 0 aliphatic heterocycles. The Morgan fingerprint density at radius 1 is 1.32 bits per heavy atom. The molecule has 0 amide bonds. The highest BCUT2D eigenvalue weighted by Gasteiger charge is 2.32. The van der Waals surface area contributed by atoms with E-state index in [0.29, 0.717) is 18.5 Å². The third-order valence-electron chi connectivity index (χ3n) is 4.33. The summed E-state index contributed by atoms with van der Waals surface area (Å²) in [5.41, 5.74) is 2.35. The molecule has 0 heterocycles. The fourth-order valence-electron chi connectivity index (χ4n) is 3.07. The molecule has 2 heteroatoms. The van der Waals surface area contributed by atoms with E-state index in [1.54, 1.807) is 0 Å². The molecule has 0 bridgehead atoms. The summed E-state index contributed by atoms with van der Waals surface area (Å²) >= 11 is 0. The van der Waals surface area contributed by atoms with Gasteiger partial charge in [0, 0.05) is 12.6 Å². The lowest BCUT2D eigenvalue weighted by Gasteiger charge is -2.39. The van der Waals surface area contributed by atoms with Gasteiger partial charge in [0.05, 0.1) is 5.60 Å². The summed E-state index contributed by atoms with van der Waals surface area (Å²) in [6.45, 7) is 6.96. The fraction of sp³-hybridized carbons (Fsp3) is 0.647. The molecule has 1 aromatic carbocycles. The van der Waals surface area contributed by atoms with E-state index in [2.05, 4.69) is 43.4 Å². The second kappa shape index (κ2) is 6.06. The molecule has 1 saturated carbocycles. The third-order valence-corrected chi connectivity index (χ3v) is 4.33. The third kappa shape index (κ3) is 3.80. The molecular formula is C17H27NO. The van der Waals surface area contributed by atoms with Crippen LogP contribution in [0, 0.1) is 6.92 Å². The molecule has 2 rings (SSSR count). The Bertz CT molecular complexity index is 407. The van der Waals surface area contributed by atoms with Gasteiger partial charge in [-0.2, -0.15) is 0 Å². The zero-order valence-corrected chi connectivity index (χ0v) is 12.4. The minimum absolute atomic E-state index is 0.553. The number of hydrogen-bond donors (Lipinski definition) is 2. The van der Waals surface area contributed by atoms with Crippen molar-refractivity contribution in [3.63, 3.8) is 0 Å². The van der Waals surface area contributed by atoms with E-state index in [-0.39, 0.29) is 0 Å². The zero-order valence-electron chi connectivity index (χ0n) is 12.4. The summed E-state index contributed by atoms with van der Waals surface area (Å²) in [5.74, 6) is 0.704. The number of aliphatic hydroxyl groups is 1. The van der Waals surface area contributed by atoms with Crippen LogP contribution in [0.3, 0.4) is 0 Å². The molecule has 106 valence electrons. The Hall–Kier alpha value is -0.860. The van der Waals surface area contributed by atoms with E-state index in [4.69, 9.17) is 0 Å². The summed E-state index contributed by atoms with van der Waals surface area (Å²) in [6, 6.07) is 9.27. The maximum atomic E-state index is 10.1. The minimum Gasteiger partial charge on any atom is -0.389 e. The highest BCUT2D eigenvalue weighted by atomic mass is 16.3. The average Bonchev–Trinajstić information content (AvgIpc) is 2.29. The van der Waals surface area contributed by atoms with Gasteiger partial charge in [-0.25, -0.2) is 0 Å². The Morgan fingerprint density at radius 2 is 2.00 bits per heavy atom. The maximum absolute atomic E-state index is 10.1. The zero-order chi connectivity index (χ0) is 13.9. The van der Waals surface area contributed by atoms with E-state index in [1.165, 1.54) is 24.0 Å². The number of nitrogens with one attached hydrogen (secondary N) is 1. The van der Waals surface area contributed by atoms with Crippen molar-refractivity contribution < 1.29 is 5.11 Å². The summed E-state index contributed by atoms with van der Waals surface area (Å²) in [4.78, 5) is 0. The Morgan fingerprint density at radius 3 is 2.63 bits per heavy atom. The van der Waals surface area contributed by atoms with Crippen LogP contribution in [0.4, 0.5) is 0 Å². The van der Waals surface area contributed by atoms with Gasteiger partial charge in [0.15, 0.2) is 0 Å². The average molecular weight is 261 g/mol. The first-order valence-electron chi connectivity index (χ1n) is 7.53. The molecule has 0 aromatic heterocycles. The molecule has 2 N–H and O–H groups in total. The van der Waals surface area contributed by atoms with Gasteiger partial charge in [0.25, 0.3) is 0 Å². The molecule has 1 fully saturated rings. The molecule has 0 spiro atoms. The lowest BCUT2D eigenvalue weighted by Crippen LogP contribution is -2.47. The topological polar surface area (TPSA) is 32.3 Å². The summed E-state index contributed by atoms with van der Waals surface area (Å²) in [6.07, 6.45) is 4.30. The summed E-state index contributed by atoms with van der Waals surface area (Å²) in [7, 11) is 0. The Kier molecular flexibility index (Phi) is 4.64. The first kappa shape index (κ1) is 14.5. The highest BCUT2D eigenvalue weighted by molar-refractivity contribution is 5.31. The number of rotatable bonds is 6. The number of benzene rings is 1. The Balaban J connectivity index is 1.77. The van der Waals surface area contributed by atoms with Crippen LogP contribution in [0.15, 0.2) is 24.3 Å². The predicted molar refractivity (Wildman–Crippen MR) is 80.5 cm³/mol. The molecule has 2 nitrogen and oxygen atoms in total. The van der Waals surface area contributed by atoms with Crippen molar-refractivity contribution in [1.29, 1.82) is 0 Å². The summed E-state index contributed by atoms with van der Waals surface area (Å²) < 4.78 is 0. The van der Waals surface area contributed by atoms with Crippen LogP contribution in [-0.4, -0.2) is 23.3 Å². The first-order chi connectivity index (χ1) is 9.02. The van der Waals surface area contributed by atoms with Crippen molar-refractivity contribution in [2.45, 2.75) is 64.0 Å². The van der Waals surface area contributed by atoms with Gasteiger partial charge < -0.3 is 10.4 Å². The second-order valence-corrected chi connectivity index (χ2v) is 6.35. The minimum atomic E-state index is -0.553.